The Morgan fingerprint density at radius 1 is 1.32 bits per heavy atom. The zero-order valence-corrected chi connectivity index (χ0v) is 13.4. The number of nitrogens with zero attached hydrogens (tertiary/aromatic N) is 1. The maximum absolute atomic E-state index is 11.2. The van der Waals surface area contributed by atoms with Crippen LogP contribution in [-0.4, -0.2) is 36.0 Å². The molecular formula is C16H20F3N3O3. The summed E-state index contributed by atoms with van der Waals surface area (Å²) in [5.41, 5.74) is 7.12. The summed E-state index contributed by atoms with van der Waals surface area (Å²) in [7, 11) is 0. The highest BCUT2D eigenvalue weighted by Gasteiger charge is 2.46. The fourth-order valence-corrected chi connectivity index (χ4v) is 2.21. The number of aryl methyl sites for hydroxylation is 1. The van der Waals surface area contributed by atoms with Crippen LogP contribution in [-0.2, 0) is 11.2 Å². The van der Waals surface area contributed by atoms with Crippen molar-refractivity contribution in [3.05, 3.63) is 29.8 Å². The molecule has 1 heterocycles. The number of rotatable bonds is 4. The molecule has 2 aliphatic rings. The summed E-state index contributed by atoms with van der Waals surface area (Å²) >= 11 is 0. The molecular weight excluding hydrogens is 339 g/mol. The van der Waals surface area contributed by atoms with Crippen molar-refractivity contribution < 1.29 is 27.8 Å². The first-order valence-corrected chi connectivity index (χ1v) is 7.85. The molecule has 0 radical (unpaired) electrons. The lowest BCUT2D eigenvalue weighted by Crippen LogP contribution is -2.10. The van der Waals surface area contributed by atoms with Gasteiger partial charge in [-0.3, -0.25) is 5.32 Å². The fraction of sp³-hybridized carbons (Fsp3) is 0.500. The van der Waals surface area contributed by atoms with E-state index >= 15 is 0 Å². The first-order chi connectivity index (χ1) is 11.7. The van der Waals surface area contributed by atoms with E-state index in [0.717, 1.165) is 18.4 Å². The normalized spacial score (nSPS) is 19.3. The van der Waals surface area contributed by atoms with Gasteiger partial charge in [0, 0.05) is 5.69 Å². The predicted molar refractivity (Wildman–Crippen MR) is 86.6 cm³/mol. The van der Waals surface area contributed by atoms with Gasteiger partial charge in [-0.15, -0.1) is 0 Å². The number of alkyl halides is 3. The number of hydrogen-bond acceptors (Lipinski definition) is 4. The molecule has 6 nitrogen and oxygen atoms in total. The van der Waals surface area contributed by atoms with Crippen LogP contribution in [0.3, 0.4) is 0 Å². The highest BCUT2D eigenvalue weighted by atomic mass is 19.4. The summed E-state index contributed by atoms with van der Waals surface area (Å²) in [5, 5.41) is 10.8. The van der Waals surface area contributed by atoms with E-state index in [-0.39, 0.29) is 12.1 Å². The van der Waals surface area contributed by atoms with E-state index in [2.05, 4.69) is 10.3 Å². The molecule has 0 bridgehead atoms. The minimum absolute atomic E-state index is 0.127. The lowest BCUT2D eigenvalue weighted by molar-refractivity contribution is -0.147. The van der Waals surface area contributed by atoms with Crippen LogP contribution in [0.25, 0.3) is 0 Å². The lowest BCUT2D eigenvalue weighted by atomic mass is 10.1. The first-order valence-electron chi connectivity index (χ1n) is 7.85. The topological polar surface area (TPSA) is 96.9 Å². The molecule has 1 atom stereocenters. The van der Waals surface area contributed by atoms with Crippen molar-refractivity contribution >= 4 is 17.8 Å². The number of aliphatic imine (C=N–C) groups is 1. The number of carboxylic acid groups (broad SMARTS) is 1. The molecule has 1 aliphatic heterocycles. The number of nitrogens with two attached hydrogens (primary N) is 1. The van der Waals surface area contributed by atoms with E-state index in [9.17, 15) is 18.0 Å². The zero-order valence-electron chi connectivity index (χ0n) is 13.4. The average Bonchev–Trinajstić information content (AvgIpc) is 3.30. The molecule has 1 aromatic rings. The van der Waals surface area contributed by atoms with Crippen molar-refractivity contribution in [2.24, 2.45) is 16.6 Å². The molecule has 9 heteroatoms. The van der Waals surface area contributed by atoms with Crippen LogP contribution < -0.4 is 11.1 Å². The Hall–Kier alpha value is -2.45. The van der Waals surface area contributed by atoms with Gasteiger partial charge in [0.25, 0.3) is 6.02 Å². The Bertz CT molecular complexity index is 613. The zero-order chi connectivity index (χ0) is 18.4. The number of halogens is 3. The third kappa shape index (κ3) is 6.90. The molecule has 1 aliphatic carbocycles. The highest BCUT2D eigenvalue weighted by Crippen LogP contribution is 2.43. The van der Waals surface area contributed by atoms with Crippen LogP contribution in [0.1, 0.15) is 24.8 Å². The maximum Gasteiger partial charge on any atom is 0.409 e. The fourth-order valence-electron chi connectivity index (χ4n) is 2.21. The van der Waals surface area contributed by atoms with Crippen molar-refractivity contribution in [3.8, 4) is 0 Å². The van der Waals surface area contributed by atoms with E-state index in [0.29, 0.717) is 25.1 Å². The quantitative estimate of drug-likeness (QED) is 0.768. The SMILES string of the molecule is FC(F)(F)C1CC1.NC1=N[C@@H](CCc2ccc(NC(=O)O)cc2)CO1. The van der Waals surface area contributed by atoms with E-state index in [1.807, 2.05) is 12.1 Å². The van der Waals surface area contributed by atoms with Gasteiger partial charge >= 0.3 is 12.3 Å². The number of hydrogen-bond donors (Lipinski definition) is 3. The number of amidine groups is 1. The summed E-state index contributed by atoms with van der Waals surface area (Å²) in [5.74, 6) is -0.951. The second-order valence-electron chi connectivity index (χ2n) is 5.91. The van der Waals surface area contributed by atoms with E-state index < -0.39 is 18.2 Å². The van der Waals surface area contributed by atoms with Crippen LogP contribution in [0.2, 0.25) is 0 Å². The Balaban J connectivity index is 0.000000269. The minimum Gasteiger partial charge on any atom is -0.465 e. The third-order valence-electron chi connectivity index (χ3n) is 3.75. The highest BCUT2D eigenvalue weighted by molar-refractivity contribution is 5.82. The van der Waals surface area contributed by atoms with Gasteiger partial charge in [0.15, 0.2) is 0 Å². The third-order valence-corrected chi connectivity index (χ3v) is 3.75. The van der Waals surface area contributed by atoms with Gasteiger partial charge in [-0.1, -0.05) is 12.1 Å². The van der Waals surface area contributed by atoms with Crippen molar-refractivity contribution in [1.29, 1.82) is 0 Å². The summed E-state index contributed by atoms with van der Waals surface area (Å²) < 4.78 is 38.8. The van der Waals surface area contributed by atoms with Gasteiger partial charge in [-0.25, -0.2) is 9.79 Å². The molecule has 1 aromatic carbocycles. The van der Waals surface area contributed by atoms with Crippen molar-refractivity contribution in [1.82, 2.24) is 0 Å². The second kappa shape index (κ2) is 8.09. The van der Waals surface area contributed by atoms with Crippen molar-refractivity contribution in [3.63, 3.8) is 0 Å². The number of nitrogens with one attached hydrogen (secondary N) is 1. The number of ether oxygens (including phenoxy) is 1. The Kier molecular flexibility index (Phi) is 6.11. The van der Waals surface area contributed by atoms with Gasteiger partial charge in [0.05, 0.1) is 12.0 Å². The molecule has 4 N–H and O–H groups in total. The van der Waals surface area contributed by atoms with Gasteiger partial charge in [0.1, 0.15) is 6.61 Å². The van der Waals surface area contributed by atoms with E-state index in [1.54, 1.807) is 12.1 Å². The van der Waals surface area contributed by atoms with E-state index in [4.69, 9.17) is 15.6 Å². The lowest BCUT2D eigenvalue weighted by Gasteiger charge is -2.06. The summed E-state index contributed by atoms with van der Waals surface area (Å²) in [6, 6.07) is 7.67. The predicted octanol–water partition coefficient (Wildman–Crippen LogP) is 3.38. The Morgan fingerprint density at radius 2 is 1.96 bits per heavy atom. The molecule has 0 aromatic heterocycles. The van der Waals surface area contributed by atoms with Crippen molar-refractivity contribution in [2.75, 3.05) is 11.9 Å². The smallest absolute Gasteiger partial charge is 0.409 e. The van der Waals surface area contributed by atoms with Crippen LogP contribution in [0.15, 0.2) is 29.3 Å². The molecule has 1 fully saturated rings. The van der Waals surface area contributed by atoms with Gasteiger partial charge < -0.3 is 15.6 Å². The monoisotopic (exact) mass is 359 g/mol. The number of benzene rings is 1. The molecule has 25 heavy (non-hydrogen) atoms. The van der Waals surface area contributed by atoms with Crippen LogP contribution in [0.4, 0.5) is 23.7 Å². The number of amides is 1. The molecule has 0 unspecified atom stereocenters. The van der Waals surface area contributed by atoms with Gasteiger partial charge in [-0.2, -0.15) is 13.2 Å². The molecule has 0 saturated heterocycles. The standard InChI is InChI=1S/C12H15N3O3.C4H5F3/c13-11-14-10(7-18-11)6-3-8-1-4-9(5-2-8)15-12(16)17;5-4(6,7)3-1-2-3/h1-2,4-5,10,15H,3,6-7H2,(H2,13,14)(H,16,17);3H,1-2H2/t10-;/m0./s1. The summed E-state index contributed by atoms with van der Waals surface area (Å²) in [6.45, 7) is 0.546. The van der Waals surface area contributed by atoms with E-state index in [1.165, 1.54) is 0 Å². The Labute approximate surface area is 142 Å². The average molecular weight is 359 g/mol. The number of anilines is 1. The molecule has 1 saturated carbocycles. The van der Waals surface area contributed by atoms with Crippen LogP contribution in [0, 0.1) is 5.92 Å². The maximum atomic E-state index is 11.2. The molecule has 0 spiro atoms. The Morgan fingerprint density at radius 3 is 2.36 bits per heavy atom. The largest absolute Gasteiger partial charge is 0.465 e. The van der Waals surface area contributed by atoms with Crippen LogP contribution in [0.5, 0.6) is 0 Å². The molecule has 138 valence electrons. The first kappa shape index (κ1) is 18.9. The molecule has 1 amide bonds. The second-order valence-corrected chi connectivity index (χ2v) is 5.91. The van der Waals surface area contributed by atoms with Gasteiger partial charge in [-0.05, 0) is 43.4 Å². The van der Waals surface area contributed by atoms with Gasteiger partial charge in [0.2, 0.25) is 0 Å². The number of carbonyl (C=O) groups is 1. The van der Waals surface area contributed by atoms with Crippen molar-refractivity contribution in [2.45, 2.75) is 37.9 Å². The molecule has 3 rings (SSSR count). The van der Waals surface area contributed by atoms with Crippen LogP contribution >= 0.6 is 0 Å². The minimum atomic E-state index is -3.89. The summed E-state index contributed by atoms with van der Waals surface area (Å²) in [6.07, 6.45) is -2.52. The summed E-state index contributed by atoms with van der Waals surface area (Å²) in [4.78, 5) is 14.6.